The quantitative estimate of drug-likeness (QED) is 0.432. The summed E-state index contributed by atoms with van der Waals surface area (Å²) in [6.07, 6.45) is 1.82. The maximum absolute atomic E-state index is 6.01. The summed E-state index contributed by atoms with van der Waals surface area (Å²) >= 11 is 6.01. The van der Waals surface area contributed by atoms with Crippen LogP contribution in [0.2, 0.25) is 5.02 Å². The second-order valence-electron chi connectivity index (χ2n) is 6.14. The summed E-state index contributed by atoms with van der Waals surface area (Å²) < 4.78 is 7.31. The molecule has 4 aromatic rings. The number of fused-ring (bicyclic) bond motifs is 1. The maximum atomic E-state index is 6.01. The van der Waals surface area contributed by atoms with Gasteiger partial charge in [0.15, 0.2) is 0 Å². The van der Waals surface area contributed by atoms with Crippen molar-refractivity contribution < 1.29 is 4.74 Å². The molecule has 0 saturated carbocycles. The van der Waals surface area contributed by atoms with Gasteiger partial charge in [0, 0.05) is 11.2 Å². The van der Waals surface area contributed by atoms with E-state index in [-0.39, 0.29) is 0 Å². The smallest absolute Gasteiger partial charge is 0.230 e. The Morgan fingerprint density at radius 1 is 1.00 bits per heavy atom. The van der Waals surface area contributed by atoms with Gasteiger partial charge in [-0.15, -0.1) is 0 Å². The van der Waals surface area contributed by atoms with Crippen LogP contribution in [0.25, 0.3) is 11.0 Å². The van der Waals surface area contributed by atoms with E-state index in [2.05, 4.69) is 20.6 Å². The number of para-hydroxylation sites is 2. The highest BCUT2D eigenvalue weighted by Crippen LogP contribution is 2.24. The van der Waals surface area contributed by atoms with Crippen LogP contribution in [0.4, 0.5) is 5.95 Å². The van der Waals surface area contributed by atoms with Gasteiger partial charge in [-0.25, -0.2) is 9.98 Å². The van der Waals surface area contributed by atoms with Crippen LogP contribution in [-0.4, -0.2) is 22.9 Å². The molecule has 1 aromatic heterocycles. The molecule has 0 bridgehead atoms. The first-order chi connectivity index (χ1) is 13.2. The lowest BCUT2D eigenvalue weighted by molar-refractivity contribution is 0.415. The molecular formula is C22H18ClN3O. The number of aromatic nitrogens is 2. The minimum atomic E-state index is 0.668. The van der Waals surface area contributed by atoms with Crippen LogP contribution in [-0.2, 0) is 6.54 Å². The molecule has 0 aliphatic carbocycles. The third-order valence-electron chi connectivity index (χ3n) is 4.33. The number of nitrogens with zero attached hydrogens (tertiary/aromatic N) is 3. The van der Waals surface area contributed by atoms with E-state index < -0.39 is 0 Å². The number of benzene rings is 3. The summed E-state index contributed by atoms with van der Waals surface area (Å²) in [7, 11) is 1.65. The van der Waals surface area contributed by atoms with Crippen LogP contribution in [0, 0.1) is 0 Å². The van der Waals surface area contributed by atoms with Crippen molar-refractivity contribution in [2.45, 2.75) is 6.54 Å². The highest BCUT2D eigenvalue weighted by molar-refractivity contribution is 6.30. The van der Waals surface area contributed by atoms with Crippen molar-refractivity contribution in [3.8, 4) is 5.75 Å². The summed E-state index contributed by atoms with van der Waals surface area (Å²) in [4.78, 5) is 9.33. The van der Waals surface area contributed by atoms with Gasteiger partial charge in [0.05, 0.1) is 24.7 Å². The average molecular weight is 376 g/mol. The highest BCUT2D eigenvalue weighted by atomic mass is 35.5. The molecule has 0 saturated heterocycles. The van der Waals surface area contributed by atoms with E-state index in [1.165, 1.54) is 0 Å². The number of rotatable bonds is 5. The molecule has 5 heteroatoms. The Hall–Kier alpha value is -3.11. The van der Waals surface area contributed by atoms with Gasteiger partial charge >= 0.3 is 0 Å². The van der Waals surface area contributed by atoms with E-state index >= 15 is 0 Å². The van der Waals surface area contributed by atoms with E-state index in [0.717, 1.165) is 32.9 Å². The Bertz CT molecular complexity index is 1080. The molecule has 27 heavy (non-hydrogen) atoms. The first-order valence-electron chi connectivity index (χ1n) is 8.61. The van der Waals surface area contributed by atoms with E-state index in [0.29, 0.717) is 12.5 Å². The molecule has 134 valence electrons. The Labute approximate surface area is 162 Å². The van der Waals surface area contributed by atoms with Crippen LogP contribution < -0.4 is 4.74 Å². The molecule has 1 heterocycles. The van der Waals surface area contributed by atoms with Crippen LogP contribution in [0.3, 0.4) is 0 Å². The second-order valence-corrected chi connectivity index (χ2v) is 6.58. The van der Waals surface area contributed by atoms with Crippen LogP contribution in [0.5, 0.6) is 5.75 Å². The van der Waals surface area contributed by atoms with Crippen molar-refractivity contribution >= 4 is 34.8 Å². The second kappa shape index (κ2) is 7.64. The van der Waals surface area contributed by atoms with Gasteiger partial charge in [0.2, 0.25) is 5.95 Å². The normalized spacial score (nSPS) is 11.3. The van der Waals surface area contributed by atoms with E-state index in [1.807, 2.05) is 72.9 Å². The molecule has 0 atom stereocenters. The fourth-order valence-electron chi connectivity index (χ4n) is 2.91. The largest absolute Gasteiger partial charge is 0.497 e. The zero-order chi connectivity index (χ0) is 18.6. The standard InChI is InChI=1S/C22H18ClN3O/c1-27-19-12-8-16(9-13-19)14-24-22-25-20-4-2-3-5-21(20)26(22)15-17-6-10-18(23)11-7-17/h2-14H,15H2,1H3. The van der Waals surface area contributed by atoms with Gasteiger partial charge in [-0.1, -0.05) is 35.9 Å². The zero-order valence-electron chi connectivity index (χ0n) is 14.8. The SMILES string of the molecule is COc1ccc(C=Nc2nc3ccccc3n2Cc2ccc(Cl)cc2)cc1. The van der Waals surface area contributed by atoms with Gasteiger partial charge in [-0.3, -0.25) is 0 Å². The fraction of sp³-hybridized carbons (Fsp3) is 0.0909. The molecule has 3 aromatic carbocycles. The number of aliphatic imine (C=N–C) groups is 1. The van der Waals surface area contributed by atoms with E-state index in [9.17, 15) is 0 Å². The summed E-state index contributed by atoms with van der Waals surface area (Å²) in [5.74, 6) is 1.49. The van der Waals surface area contributed by atoms with Crippen LogP contribution in [0.1, 0.15) is 11.1 Å². The molecule has 0 aliphatic heterocycles. The average Bonchev–Trinajstić information content (AvgIpc) is 3.06. The third kappa shape index (κ3) is 3.86. The molecular weight excluding hydrogens is 358 g/mol. The fourth-order valence-corrected chi connectivity index (χ4v) is 3.04. The van der Waals surface area contributed by atoms with Crippen molar-refractivity contribution in [2.75, 3.05) is 7.11 Å². The summed E-state index contributed by atoms with van der Waals surface area (Å²) in [5.41, 5.74) is 4.10. The van der Waals surface area contributed by atoms with Crippen molar-refractivity contribution in [3.05, 3.63) is 88.9 Å². The Morgan fingerprint density at radius 3 is 2.48 bits per heavy atom. The lowest BCUT2D eigenvalue weighted by atomic mass is 10.2. The highest BCUT2D eigenvalue weighted by Gasteiger charge is 2.10. The van der Waals surface area contributed by atoms with Crippen molar-refractivity contribution in [2.24, 2.45) is 4.99 Å². The van der Waals surface area contributed by atoms with Gasteiger partial charge in [-0.05, 0) is 59.7 Å². The minimum absolute atomic E-state index is 0.668. The van der Waals surface area contributed by atoms with Crippen LogP contribution in [0.15, 0.2) is 77.8 Å². The molecule has 4 nitrogen and oxygen atoms in total. The summed E-state index contributed by atoms with van der Waals surface area (Å²) in [6, 6.07) is 23.7. The minimum Gasteiger partial charge on any atom is -0.497 e. The third-order valence-corrected chi connectivity index (χ3v) is 4.59. The Kier molecular flexibility index (Phi) is 4.90. The molecule has 0 unspecified atom stereocenters. The number of hydrogen-bond donors (Lipinski definition) is 0. The number of ether oxygens (including phenoxy) is 1. The Morgan fingerprint density at radius 2 is 1.74 bits per heavy atom. The lowest BCUT2D eigenvalue weighted by Gasteiger charge is -2.07. The van der Waals surface area contributed by atoms with Crippen LogP contribution >= 0.6 is 11.6 Å². The number of methoxy groups -OCH3 is 1. The zero-order valence-corrected chi connectivity index (χ0v) is 15.6. The van der Waals surface area contributed by atoms with Crippen molar-refractivity contribution in [3.63, 3.8) is 0 Å². The van der Waals surface area contributed by atoms with Gasteiger partial charge in [0.25, 0.3) is 0 Å². The van der Waals surface area contributed by atoms with Gasteiger partial charge in [0.1, 0.15) is 5.75 Å². The first-order valence-corrected chi connectivity index (χ1v) is 8.98. The molecule has 0 fully saturated rings. The van der Waals surface area contributed by atoms with E-state index in [1.54, 1.807) is 7.11 Å². The van der Waals surface area contributed by atoms with Crippen molar-refractivity contribution in [1.82, 2.24) is 9.55 Å². The van der Waals surface area contributed by atoms with E-state index in [4.69, 9.17) is 16.3 Å². The molecule has 4 rings (SSSR count). The lowest BCUT2D eigenvalue weighted by Crippen LogP contribution is -1.99. The molecule has 0 aliphatic rings. The van der Waals surface area contributed by atoms with Gasteiger partial charge < -0.3 is 9.30 Å². The topological polar surface area (TPSA) is 39.4 Å². The molecule has 0 amide bonds. The predicted octanol–water partition coefficient (Wildman–Crippen LogP) is 5.50. The predicted molar refractivity (Wildman–Crippen MR) is 111 cm³/mol. The molecule has 0 N–H and O–H groups in total. The van der Waals surface area contributed by atoms with Crippen molar-refractivity contribution in [1.29, 1.82) is 0 Å². The number of imidazole rings is 1. The Balaban J connectivity index is 1.70. The summed E-state index contributed by atoms with van der Waals surface area (Å²) in [6.45, 7) is 0.674. The summed E-state index contributed by atoms with van der Waals surface area (Å²) in [5, 5.41) is 0.729. The number of halogens is 1. The number of hydrogen-bond acceptors (Lipinski definition) is 3. The maximum Gasteiger partial charge on any atom is 0.230 e. The first kappa shape index (κ1) is 17.3. The molecule has 0 radical (unpaired) electrons. The van der Waals surface area contributed by atoms with Gasteiger partial charge in [-0.2, -0.15) is 0 Å². The monoisotopic (exact) mass is 375 g/mol. The molecule has 0 spiro atoms.